The number of aliphatic hydroxyl groups excluding tert-OH is 1. The monoisotopic (exact) mass is 261 g/mol. The molecule has 1 aromatic carbocycles. The molecule has 1 aliphatic heterocycles. The van der Waals surface area contributed by atoms with Crippen molar-refractivity contribution in [3.63, 3.8) is 0 Å². The first-order valence-electron chi connectivity index (χ1n) is 6.60. The van der Waals surface area contributed by atoms with Crippen LogP contribution in [0.4, 0.5) is 5.69 Å². The molecule has 3 N–H and O–H groups in total. The lowest BCUT2D eigenvalue weighted by Gasteiger charge is -2.36. The number of ether oxygens (including phenoxy) is 1. The van der Waals surface area contributed by atoms with Crippen molar-refractivity contribution in [3.05, 3.63) is 24.0 Å². The summed E-state index contributed by atoms with van der Waals surface area (Å²) < 4.78 is 7.61. The first kappa shape index (κ1) is 12.4. The molecule has 1 aromatic heterocycles. The van der Waals surface area contributed by atoms with Crippen LogP contribution in [0.15, 0.2) is 18.2 Å². The van der Waals surface area contributed by atoms with Crippen LogP contribution in [0.1, 0.15) is 25.6 Å². The van der Waals surface area contributed by atoms with Crippen molar-refractivity contribution in [2.45, 2.75) is 31.9 Å². The molecule has 102 valence electrons. The third kappa shape index (κ3) is 1.99. The van der Waals surface area contributed by atoms with Crippen LogP contribution < -0.4 is 5.73 Å². The summed E-state index contributed by atoms with van der Waals surface area (Å²) in [5.74, 6) is 0.699. The molecule has 0 atom stereocenters. The van der Waals surface area contributed by atoms with Gasteiger partial charge in [0.25, 0.3) is 0 Å². The van der Waals surface area contributed by atoms with Crippen molar-refractivity contribution in [1.29, 1.82) is 0 Å². The zero-order valence-electron chi connectivity index (χ0n) is 11.1. The maximum absolute atomic E-state index is 9.59. The lowest BCUT2D eigenvalue weighted by molar-refractivity contribution is 0.0285. The van der Waals surface area contributed by atoms with E-state index in [2.05, 4.69) is 16.5 Å². The molecule has 0 aliphatic carbocycles. The third-order valence-corrected chi connectivity index (χ3v) is 4.00. The van der Waals surface area contributed by atoms with Gasteiger partial charge >= 0.3 is 0 Å². The van der Waals surface area contributed by atoms with Crippen LogP contribution >= 0.6 is 0 Å². The molecule has 1 saturated heterocycles. The molecule has 5 heteroatoms. The second kappa shape index (κ2) is 4.51. The quantitative estimate of drug-likeness (QED) is 0.806. The van der Waals surface area contributed by atoms with Gasteiger partial charge < -0.3 is 20.1 Å². The molecule has 1 aliphatic rings. The number of benzene rings is 1. The fourth-order valence-corrected chi connectivity index (χ4v) is 2.89. The molecule has 2 aromatic rings. The summed E-state index contributed by atoms with van der Waals surface area (Å²) in [6.07, 6.45) is 1.85. The minimum Gasteiger partial charge on any atom is -0.399 e. The summed E-state index contributed by atoms with van der Waals surface area (Å²) in [5, 5.41) is 9.59. The topological polar surface area (TPSA) is 73.3 Å². The zero-order chi connectivity index (χ0) is 13.5. The Morgan fingerprint density at radius 1 is 1.42 bits per heavy atom. The van der Waals surface area contributed by atoms with Gasteiger partial charge in [-0.3, -0.25) is 0 Å². The highest BCUT2D eigenvalue weighted by molar-refractivity contribution is 5.80. The number of fused-ring (bicyclic) bond motifs is 1. The van der Waals surface area contributed by atoms with E-state index in [1.807, 2.05) is 18.2 Å². The van der Waals surface area contributed by atoms with Crippen molar-refractivity contribution in [3.8, 4) is 0 Å². The maximum Gasteiger partial charge on any atom is 0.136 e. The molecule has 0 radical (unpaired) electrons. The number of aromatic nitrogens is 2. The molecule has 0 bridgehead atoms. The zero-order valence-corrected chi connectivity index (χ0v) is 11.1. The standard InChI is InChI=1S/C14H19N3O2/c1-14(4-6-19-7-5-14)17-12-3-2-10(15)8-11(12)16-13(17)9-18/h2-3,8,18H,4-7,9,15H2,1H3. The van der Waals surface area contributed by atoms with Crippen LogP contribution in [0.25, 0.3) is 11.0 Å². The minimum atomic E-state index is -0.0645. The van der Waals surface area contributed by atoms with Crippen LogP contribution in [-0.4, -0.2) is 27.9 Å². The number of hydrogen-bond donors (Lipinski definition) is 2. The molecular weight excluding hydrogens is 242 g/mol. The largest absolute Gasteiger partial charge is 0.399 e. The predicted octanol–water partition coefficient (Wildman–Crippen LogP) is 1.64. The van der Waals surface area contributed by atoms with Gasteiger partial charge in [0.15, 0.2) is 0 Å². The van der Waals surface area contributed by atoms with Gasteiger partial charge in [0, 0.05) is 24.4 Å². The molecule has 5 nitrogen and oxygen atoms in total. The van der Waals surface area contributed by atoms with Gasteiger partial charge in [-0.2, -0.15) is 0 Å². The van der Waals surface area contributed by atoms with Crippen molar-refractivity contribution >= 4 is 16.7 Å². The summed E-state index contributed by atoms with van der Waals surface area (Å²) in [5.41, 5.74) is 8.32. The van der Waals surface area contributed by atoms with Gasteiger partial charge in [0.1, 0.15) is 12.4 Å². The number of aliphatic hydroxyl groups is 1. The second-order valence-corrected chi connectivity index (χ2v) is 5.38. The molecule has 19 heavy (non-hydrogen) atoms. The van der Waals surface area contributed by atoms with E-state index < -0.39 is 0 Å². The van der Waals surface area contributed by atoms with Gasteiger partial charge in [0.2, 0.25) is 0 Å². The van der Waals surface area contributed by atoms with Crippen LogP contribution in [0.2, 0.25) is 0 Å². The lowest BCUT2D eigenvalue weighted by atomic mass is 9.91. The van der Waals surface area contributed by atoms with Crippen LogP contribution in [0.5, 0.6) is 0 Å². The van der Waals surface area contributed by atoms with Gasteiger partial charge in [-0.05, 0) is 38.0 Å². The summed E-state index contributed by atoms with van der Waals surface area (Å²) >= 11 is 0. The number of hydrogen-bond acceptors (Lipinski definition) is 4. The fourth-order valence-electron chi connectivity index (χ4n) is 2.89. The number of imidazole rings is 1. The van der Waals surface area contributed by atoms with Crippen molar-refractivity contribution in [1.82, 2.24) is 9.55 Å². The van der Waals surface area contributed by atoms with Gasteiger partial charge in [-0.1, -0.05) is 0 Å². The van der Waals surface area contributed by atoms with E-state index in [9.17, 15) is 5.11 Å². The predicted molar refractivity (Wildman–Crippen MR) is 73.8 cm³/mol. The highest BCUT2D eigenvalue weighted by Crippen LogP contribution is 2.34. The fraction of sp³-hybridized carbons (Fsp3) is 0.500. The summed E-state index contributed by atoms with van der Waals surface area (Å²) in [4.78, 5) is 4.50. The Hall–Kier alpha value is -1.59. The Balaban J connectivity index is 2.20. The Morgan fingerprint density at radius 3 is 2.84 bits per heavy atom. The minimum absolute atomic E-state index is 0.0544. The number of anilines is 1. The third-order valence-electron chi connectivity index (χ3n) is 4.00. The Kier molecular flexibility index (Phi) is 2.95. The average molecular weight is 261 g/mol. The van der Waals surface area contributed by atoms with E-state index in [-0.39, 0.29) is 12.1 Å². The van der Waals surface area contributed by atoms with Crippen LogP contribution in [0.3, 0.4) is 0 Å². The first-order valence-corrected chi connectivity index (χ1v) is 6.60. The molecular formula is C14H19N3O2. The summed E-state index contributed by atoms with van der Waals surface area (Å²) in [7, 11) is 0. The smallest absolute Gasteiger partial charge is 0.136 e. The first-order chi connectivity index (χ1) is 9.14. The van der Waals surface area contributed by atoms with Gasteiger partial charge in [-0.15, -0.1) is 0 Å². The number of nitrogens with zero attached hydrogens (tertiary/aromatic N) is 2. The molecule has 0 unspecified atom stereocenters. The Labute approximate surface area is 112 Å². The van der Waals surface area contributed by atoms with Gasteiger partial charge in [0.05, 0.1) is 11.0 Å². The van der Waals surface area contributed by atoms with Crippen molar-refractivity contribution in [2.75, 3.05) is 18.9 Å². The van der Waals surface area contributed by atoms with E-state index in [0.29, 0.717) is 11.5 Å². The molecule has 1 fully saturated rings. The number of nitrogens with two attached hydrogens (primary N) is 1. The number of rotatable bonds is 2. The normalized spacial score (nSPS) is 18.8. The highest BCUT2D eigenvalue weighted by Gasteiger charge is 2.32. The van der Waals surface area contributed by atoms with Crippen molar-refractivity contribution < 1.29 is 9.84 Å². The SMILES string of the molecule is CC1(n2c(CO)nc3cc(N)ccc32)CCOCC1. The van der Waals surface area contributed by atoms with Crippen LogP contribution in [-0.2, 0) is 16.9 Å². The van der Waals surface area contributed by atoms with E-state index in [1.54, 1.807) is 0 Å². The molecule has 3 rings (SSSR count). The molecule has 0 spiro atoms. The van der Waals surface area contributed by atoms with Crippen LogP contribution in [0, 0.1) is 0 Å². The highest BCUT2D eigenvalue weighted by atomic mass is 16.5. The Bertz CT molecular complexity index is 600. The lowest BCUT2D eigenvalue weighted by Crippen LogP contribution is -2.37. The molecule has 2 heterocycles. The average Bonchev–Trinajstić information content (AvgIpc) is 2.77. The number of nitrogen functional groups attached to an aromatic ring is 1. The van der Waals surface area contributed by atoms with E-state index >= 15 is 0 Å². The summed E-state index contributed by atoms with van der Waals surface area (Å²) in [6.45, 7) is 3.63. The molecule has 0 amide bonds. The maximum atomic E-state index is 9.59. The van der Waals surface area contributed by atoms with E-state index in [1.165, 1.54) is 0 Å². The van der Waals surface area contributed by atoms with E-state index in [0.717, 1.165) is 37.1 Å². The Morgan fingerprint density at radius 2 is 2.16 bits per heavy atom. The van der Waals surface area contributed by atoms with E-state index in [4.69, 9.17) is 10.5 Å². The second-order valence-electron chi connectivity index (χ2n) is 5.38. The van der Waals surface area contributed by atoms with Gasteiger partial charge in [-0.25, -0.2) is 4.98 Å². The van der Waals surface area contributed by atoms with Crippen molar-refractivity contribution in [2.24, 2.45) is 0 Å². The summed E-state index contributed by atoms with van der Waals surface area (Å²) in [6, 6.07) is 5.72. The molecule has 0 saturated carbocycles.